The summed E-state index contributed by atoms with van der Waals surface area (Å²) >= 11 is 0. The molecule has 4 aromatic carbocycles. The van der Waals surface area contributed by atoms with Gasteiger partial charge in [-0.25, -0.2) is 9.43 Å². The normalized spacial score (nSPS) is 11.3. The van der Waals surface area contributed by atoms with Crippen LogP contribution in [0.3, 0.4) is 0 Å². The summed E-state index contributed by atoms with van der Waals surface area (Å²) in [6.07, 6.45) is 1.88. The molecule has 0 aliphatic heterocycles. The van der Waals surface area contributed by atoms with Gasteiger partial charge in [-0.05, 0) is 19.1 Å². The standard InChI is InChI=1S/C32H31N4P/c1-3-24-33-25-31-26(2)34-36(27-16-8-4-9-17-27)32(31)35-37(28-18-10-5-11-19-28,29-20-12-6-13-21-29)30-22-14-7-15-23-30/h3-23,33H,1,24-25H2,2H3. The molecule has 37 heavy (non-hydrogen) atoms. The van der Waals surface area contributed by atoms with E-state index in [1.165, 1.54) is 15.9 Å². The zero-order valence-corrected chi connectivity index (χ0v) is 21.9. The molecule has 0 aliphatic carbocycles. The fourth-order valence-electron chi connectivity index (χ4n) is 4.60. The van der Waals surface area contributed by atoms with Crippen molar-refractivity contribution in [3.05, 3.63) is 145 Å². The number of aromatic nitrogens is 2. The average molecular weight is 503 g/mol. The van der Waals surface area contributed by atoms with E-state index in [4.69, 9.17) is 9.84 Å². The van der Waals surface area contributed by atoms with Crippen LogP contribution in [0.4, 0.5) is 5.82 Å². The molecule has 0 fully saturated rings. The summed E-state index contributed by atoms with van der Waals surface area (Å²) in [4.78, 5) is 0. The molecule has 4 nitrogen and oxygen atoms in total. The van der Waals surface area contributed by atoms with Crippen LogP contribution in [0.2, 0.25) is 0 Å². The Morgan fingerprint density at radius 3 is 1.68 bits per heavy atom. The summed E-state index contributed by atoms with van der Waals surface area (Å²) < 4.78 is 7.83. The van der Waals surface area contributed by atoms with Crippen LogP contribution in [0, 0.1) is 6.92 Å². The van der Waals surface area contributed by atoms with Crippen molar-refractivity contribution in [1.29, 1.82) is 0 Å². The lowest BCUT2D eigenvalue weighted by molar-refractivity contribution is 0.757. The zero-order valence-electron chi connectivity index (χ0n) is 21.0. The minimum atomic E-state index is -2.46. The maximum atomic E-state index is 5.82. The van der Waals surface area contributed by atoms with Crippen molar-refractivity contribution in [2.45, 2.75) is 13.5 Å². The molecule has 0 aliphatic rings. The summed E-state index contributed by atoms with van der Waals surface area (Å²) in [6, 6.07) is 42.4. The van der Waals surface area contributed by atoms with E-state index >= 15 is 0 Å². The lowest BCUT2D eigenvalue weighted by Crippen LogP contribution is -2.25. The van der Waals surface area contributed by atoms with Gasteiger partial charge in [0, 0.05) is 34.6 Å². The van der Waals surface area contributed by atoms with Crippen molar-refractivity contribution in [2.75, 3.05) is 6.54 Å². The Kier molecular flexibility index (Phi) is 7.60. The fraction of sp³-hybridized carbons (Fsp3) is 0.0938. The third-order valence-corrected chi connectivity index (χ3v) is 10.0. The van der Waals surface area contributed by atoms with Gasteiger partial charge < -0.3 is 5.32 Å². The van der Waals surface area contributed by atoms with Crippen LogP contribution in [-0.2, 0) is 6.54 Å². The summed E-state index contributed by atoms with van der Waals surface area (Å²) in [7, 11) is -2.46. The Hall–Kier alpha value is -3.98. The molecule has 0 unspecified atom stereocenters. The van der Waals surface area contributed by atoms with Crippen molar-refractivity contribution in [3.8, 4) is 5.69 Å². The highest BCUT2D eigenvalue weighted by Gasteiger charge is 2.29. The maximum Gasteiger partial charge on any atom is 0.160 e. The highest BCUT2D eigenvalue weighted by molar-refractivity contribution is 7.87. The van der Waals surface area contributed by atoms with Gasteiger partial charge >= 0.3 is 0 Å². The van der Waals surface area contributed by atoms with E-state index in [0.717, 1.165) is 22.8 Å². The quantitative estimate of drug-likeness (QED) is 0.147. The van der Waals surface area contributed by atoms with E-state index < -0.39 is 7.05 Å². The Bertz CT molecular complexity index is 1410. The summed E-state index contributed by atoms with van der Waals surface area (Å²) in [5, 5.41) is 12.1. The van der Waals surface area contributed by atoms with Crippen molar-refractivity contribution in [2.24, 2.45) is 4.74 Å². The minimum Gasteiger partial charge on any atom is -0.309 e. The molecule has 0 atom stereocenters. The molecule has 1 aromatic heterocycles. The Morgan fingerprint density at radius 2 is 1.22 bits per heavy atom. The Morgan fingerprint density at radius 1 is 0.757 bits per heavy atom. The molecule has 0 amide bonds. The molecule has 1 heterocycles. The van der Waals surface area contributed by atoms with Crippen molar-refractivity contribution in [1.82, 2.24) is 15.1 Å². The molecule has 1 N–H and O–H groups in total. The smallest absolute Gasteiger partial charge is 0.160 e. The first-order valence-corrected chi connectivity index (χ1v) is 14.2. The number of nitrogens with zero attached hydrogens (tertiary/aromatic N) is 3. The molecular weight excluding hydrogens is 471 g/mol. The molecule has 184 valence electrons. The second-order valence-electron chi connectivity index (χ2n) is 8.80. The van der Waals surface area contributed by atoms with Crippen molar-refractivity contribution < 1.29 is 0 Å². The summed E-state index contributed by atoms with van der Waals surface area (Å²) in [5.74, 6) is 0.880. The SMILES string of the molecule is C=CCNCc1c(C)nn(-c2ccccc2)c1N=P(c1ccccc1)(c1ccccc1)c1ccccc1. The van der Waals surface area contributed by atoms with Gasteiger partial charge in [0.05, 0.1) is 18.4 Å². The molecule has 0 saturated carbocycles. The van der Waals surface area contributed by atoms with E-state index in [0.29, 0.717) is 13.1 Å². The number of hydrogen-bond acceptors (Lipinski definition) is 3. The predicted octanol–water partition coefficient (Wildman–Crippen LogP) is 6.27. The van der Waals surface area contributed by atoms with Crippen molar-refractivity contribution in [3.63, 3.8) is 0 Å². The number of rotatable bonds is 9. The highest BCUT2D eigenvalue weighted by Crippen LogP contribution is 2.50. The van der Waals surface area contributed by atoms with Crippen LogP contribution in [-0.4, -0.2) is 16.3 Å². The van der Waals surface area contributed by atoms with Gasteiger partial charge in [-0.15, -0.1) is 6.58 Å². The molecule has 0 radical (unpaired) electrons. The Labute approximate surface area is 219 Å². The highest BCUT2D eigenvalue weighted by atomic mass is 31.2. The van der Waals surface area contributed by atoms with Gasteiger partial charge in [0.15, 0.2) is 5.82 Å². The first kappa shape index (κ1) is 24.7. The van der Waals surface area contributed by atoms with Gasteiger partial charge in [0.1, 0.15) is 0 Å². The van der Waals surface area contributed by atoms with Crippen molar-refractivity contribution >= 4 is 28.8 Å². The third-order valence-electron chi connectivity index (χ3n) is 6.38. The summed E-state index contributed by atoms with van der Waals surface area (Å²) in [5.41, 5.74) is 3.05. The number of benzene rings is 4. The first-order chi connectivity index (χ1) is 18.2. The van der Waals surface area contributed by atoms with E-state index in [1.54, 1.807) is 0 Å². The lowest BCUT2D eigenvalue weighted by atomic mass is 10.2. The lowest BCUT2D eigenvalue weighted by Gasteiger charge is -2.27. The largest absolute Gasteiger partial charge is 0.309 e. The molecule has 5 rings (SSSR count). The minimum absolute atomic E-state index is 0.655. The number of nitrogens with one attached hydrogen (secondary N) is 1. The van der Waals surface area contributed by atoms with Crippen LogP contribution in [0.25, 0.3) is 5.69 Å². The fourth-order valence-corrected chi connectivity index (χ4v) is 8.14. The van der Waals surface area contributed by atoms with E-state index in [2.05, 4.69) is 122 Å². The van der Waals surface area contributed by atoms with Gasteiger partial charge in [-0.2, -0.15) is 5.10 Å². The van der Waals surface area contributed by atoms with Gasteiger partial charge in [0.25, 0.3) is 0 Å². The number of aryl methyl sites for hydroxylation is 1. The molecule has 0 bridgehead atoms. The van der Waals surface area contributed by atoms with Crippen LogP contribution in [0.5, 0.6) is 0 Å². The first-order valence-electron chi connectivity index (χ1n) is 12.5. The zero-order chi connectivity index (χ0) is 25.5. The van der Waals surface area contributed by atoms with Crippen LogP contribution in [0.1, 0.15) is 11.3 Å². The van der Waals surface area contributed by atoms with Gasteiger partial charge in [-0.3, -0.25) is 0 Å². The number of hydrogen-bond donors (Lipinski definition) is 1. The molecule has 0 spiro atoms. The maximum absolute atomic E-state index is 5.82. The molecular formula is C32H31N4P. The molecule has 5 heteroatoms. The van der Waals surface area contributed by atoms with E-state index in [1.807, 2.05) is 29.0 Å². The number of para-hydroxylation sites is 1. The van der Waals surface area contributed by atoms with E-state index in [-0.39, 0.29) is 0 Å². The summed E-state index contributed by atoms with van der Waals surface area (Å²) in [6.45, 7) is 7.30. The second-order valence-corrected chi connectivity index (χ2v) is 11.8. The van der Waals surface area contributed by atoms with E-state index in [9.17, 15) is 0 Å². The Balaban J connectivity index is 1.91. The second kappa shape index (κ2) is 11.4. The topological polar surface area (TPSA) is 42.2 Å². The van der Waals surface area contributed by atoms with Gasteiger partial charge in [0.2, 0.25) is 0 Å². The van der Waals surface area contributed by atoms with Crippen LogP contribution < -0.4 is 21.2 Å². The van der Waals surface area contributed by atoms with Crippen LogP contribution in [0.15, 0.2) is 139 Å². The van der Waals surface area contributed by atoms with Gasteiger partial charge in [-0.1, -0.05) is 115 Å². The molecule has 0 saturated heterocycles. The average Bonchev–Trinajstić information content (AvgIpc) is 3.28. The molecule has 5 aromatic rings. The monoisotopic (exact) mass is 502 g/mol. The van der Waals surface area contributed by atoms with Crippen LogP contribution >= 0.6 is 7.05 Å². The predicted molar refractivity (Wildman–Crippen MR) is 157 cm³/mol. The third kappa shape index (κ3) is 4.99.